The molecule has 0 aliphatic rings. The molecule has 1 rings (SSSR count). The van der Waals surface area contributed by atoms with Gasteiger partial charge in [-0.05, 0) is 12.1 Å². The largest absolute Gasteiger partial charge is 0.465 e. The summed E-state index contributed by atoms with van der Waals surface area (Å²) in [6.45, 7) is 0. The van der Waals surface area contributed by atoms with E-state index in [2.05, 4.69) is 17.4 Å². The Kier molecular flexibility index (Phi) is 3.10. The number of nitriles is 1. The molecule has 72 valence electrons. The van der Waals surface area contributed by atoms with Gasteiger partial charge in [0.2, 0.25) is 0 Å². The van der Waals surface area contributed by atoms with Gasteiger partial charge in [-0.3, -0.25) is 0 Å². The van der Waals surface area contributed by atoms with Crippen LogP contribution in [0.2, 0.25) is 0 Å². The summed E-state index contributed by atoms with van der Waals surface area (Å²) in [4.78, 5) is 11.1. The Bertz CT molecular complexity index is 426. The molecule has 0 radical (unpaired) electrons. The van der Waals surface area contributed by atoms with E-state index in [0.717, 1.165) is 13.2 Å². The van der Waals surface area contributed by atoms with E-state index in [-0.39, 0.29) is 16.0 Å². The Balaban J connectivity index is 3.42. The van der Waals surface area contributed by atoms with Crippen molar-refractivity contribution in [1.29, 1.82) is 5.26 Å². The maximum absolute atomic E-state index is 13.1. The highest BCUT2D eigenvalue weighted by Gasteiger charge is 2.18. The van der Waals surface area contributed by atoms with Crippen molar-refractivity contribution in [3.8, 4) is 6.07 Å². The summed E-state index contributed by atoms with van der Waals surface area (Å²) in [5.74, 6) is -1.59. The predicted octanol–water partition coefficient (Wildman–Crippen LogP) is 1.77. The van der Waals surface area contributed by atoms with Crippen LogP contribution in [-0.4, -0.2) is 13.1 Å². The number of ether oxygens (including phenoxy) is 1. The average Bonchev–Trinajstić information content (AvgIpc) is 2.18. The molecule has 5 heteroatoms. The van der Waals surface area contributed by atoms with Gasteiger partial charge in [-0.1, -0.05) is 0 Å². The number of nitrogens with zero attached hydrogens (tertiary/aromatic N) is 1. The lowest BCUT2D eigenvalue weighted by molar-refractivity contribution is 0.0591. The number of carbonyl (C=O) groups is 1. The fourth-order valence-corrected chi connectivity index (χ4v) is 1.28. The molecule has 0 fully saturated rings. The third kappa shape index (κ3) is 1.70. The van der Waals surface area contributed by atoms with Crippen LogP contribution in [0, 0.1) is 17.1 Å². The quantitative estimate of drug-likeness (QED) is 0.569. The molecule has 0 unspecified atom stereocenters. The van der Waals surface area contributed by atoms with E-state index in [0.29, 0.717) is 0 Å². The van der Waals surface area contributed by atoms with Crippen molar-refractivity contribution in [1.82, 2.24) is 0 Å². The van der Waals surface area contributed by atoms with E-state index in [1.165, 1.54) is 6.07 Å². The molecular weight excluding hydrogens is 205 g/mol. The van der Waals surface area contributed by atoms with Crippen molar-refractivity contribution < 1.29 is 13.9 Å². The van der Waals surface area contributed by atoms with Crippen LogP contribution >= 0.6 is 12.6 Å². The average molecular weight is 211 g/mol. The van der Waals surface area contributed by atoms with E-state index in [4.69, 9.17) is 5.26 Å². The lowest BCUT2D eigenvalue weighted by Crippen LogP contribution is -2.06. The first-order valence-corrected chi connectivity index (χ1v) is 4.06. The molecule has 0 aliphatic heterocycles. The van der Waals surface area contributed by atoms with Crippen molar-refractivity contribution in [2.75, 3.05) is 7.11 Å². The van der Waals surface area contributed by atoms with Gasteiger partial charge in [0.05, 0.1) is 12.7 Å². The normalized spacial score (nSPS) is 9.29. The minimum atomic E-state index is -0.843. The second kappa shape index (κ2) is 4.11. The number of hydrogen-bond donors (Lipinski definition) is 1. The molecule has 1 aromatic carbocycles. The number of thiol groups is 1. The van der Waals surface area contributed by atoms with Crippen molar-refractivity contribution in [2.45, 2.75) is 4.90 Å². The molecule has 3 nitrogen and oxygen atoms in total. The van der Waals surface area contributed by atoms with Gasteiger partial charge in [0.15, 0.2) is 0 Å². The zero-order valence-electron chi connectivity index (χ0n) is 7.24. The summed E-state index contributed by atoms with van der Waals surface area (Å²) in [6.07, 6.45) is 0. The summed E-state index contributed by atoms with van der Waals surface area (Å²) >= 11 is 3.89. The molecular formula is C9H6FNO2S. The molecule has 0 aromatic heterocycles. The predicted molar refractivity (Wildman–Crippen MR) is 49.7 cm³/mol. The summed E-state index contributed by atoms with van der Waals surface area (Å²) in [5.41, 5.74) is -0.176. The fraction of sp³-hybridized carbons (Fsp3) is 0.111. The van der Waals surface area contributed by atoms with Gasteiger partial charge >= 0.3 is 5.97 Å². The summed E-state index contributed by atoms with van der Waals surface area (Å²) < 4.78 is 17.5. The Hall–Kier alpha value is -1.54. The first-order valence-electron chi connectivity index (χ1n) is 3.61. The lowest BCUT2D eigenvalue weighted by Gasteiger charge is -2.05. The third-order valence-corrected chi connectivity index (χ3v) is 2.10. The van der Waals surface area contributed by atoms with Gasteiger partial charge in [-0.25, -0.2) is 9.18 Å². The van der Waals surface area contributed by atoms with Crippen LogP contribution in [0.3, 0.4) is 0 Å². The van der Waals surface area contributed by atoms with E-state index < -0.39 is 11.8 Å². The Morgan fingerprint density at radius 3 is 2.79 bits per heavy atom. The zero-order chi connectivity index (χ0) is 10.7. The van der Waals surface area contributed by atoms with E-state index >= 15 is 0 Å². The van der Waals surface area contributed by atoms with Crippen LogP contribution in [0.5, 0.6) is 0 Å². The van der Waals surface area contributed by atoms with Crippen molar-refractivity contribution in [2.24, 2.45) is 0 Å². The van der Waals surface area contributed by atoms with Gasteiger partial charge in [-0.15, -0.1) is 12.6 Å². The minimum Gasteiger partial charge on any atom is -0.465 e. The molecule has 0 N–H and O–H groups in total. The molecule has 0 aliphatic carbocycles. The number of carbonyl (C=O) groups excluding carboxylic acids is 1. The standard InChI is InChI=1S/C9H6FNO2S/c1-13-9(12)7-6(10)3-2-5(4-11)8(7)14/h2-3,14H,1H3. The fourth-order valence-electron chi connectivity index (χ4n) is 0.953. The van der Waals surface area contributed by atoms with E-state index in [1.54, 1.807) is 6.07 Å². The van der Waals surface area contributed by atoms with Crippen molar-refractivity contribution >= 4 is 18.6 Å². The lowest BCUT2D eigenvalue weighted by atomic mass is 10.1. The molecule has 14 heavy (non-hydrogen) atoms. The van der Waals surface area contributed by atoms with E-state index in [1.807, 2.05) is 0 Å². The van der Waals surface area contributed by atoms with Crippen LogP contribution in [0.1, 0.15) is 15.9 Å². The Morgan fingerprint density at radius 1 is 1.64 bits per heavy atom. The summed E-state index contributed by atoms with van der Waals surface area (Å²) in [6, 6.07) is 4.08. The Morgan fingerprint density at radius 2 is 2.29 bits per heavy atom. The molecule has 0 saturated carbocycles. The number of esters is 1. The molecule has 1 aromatic rings. The molecule has 0 amide bonds. The highest BCUT2D eigenvalue weighted by Crippen LogP contribution is 2.22. The number of rotatable bonds is 1. The van der Waals surface area contributed by atoms with Crippen LogP contribution in [0.4, 0.5) is 4.39 Å². The minimum absolute atomic E-state index is 0.000602. The number of hydrogen-bond acceptors (Lipinski definition) is 4. The summed E-state index contributed by atoms with van der Waals surface area (Å²) in [7, 11) is 1.13. The SMILES string of the molecule is COC(=O)c1c(F)ccc(C#N)c1S. The maximum atomic E-state index is 13.1. The van der Waals surface area contributed by atoms with Crippen molar-refractivity contribution in [3.63, 3.8) is 0 Å². The van der Waals surface area contributed by atoms with Crippen LogP contribution < -0.4 is 0 Å². The first kappa shape index (κ1) is 10.5. The zero-order valence-corrected chi connectivity index (χ0v) is 8.14. The third-order valence-electron chi connectivity index (χ3n) is 1.64. The molecule has 0 bridgehead atoms. The second-order valence-electron chi connectivity index (χ2n) is 2.42. The first-order chi connectivity index (χ1) is 6.61. The molecule has 0 atom stereocenters. The highest BCUT2D eigenvalue weighted by molar-refractivity contribution is 7.80. The molecule has 0 saturated heterocycles. The number of methoxy groups -OCH3 is 1. The Labute approximate surface area is 85.5 Å². The van der Waals surface area contributed by atoms with Gasteiger partial charge in [0.25, 0.3) is 0 Å². The van der Waals surface area contributed by atoms with E-state index in [9.17, 15) is 9.18 Å². The van der Waals surface area contributed by atoms with Gasteiger partial charge in [0, 0.05) is 4.90 Å². The van der Waals surface area contributed by atoms with Crippen molar-refractivity contribution in [3.05, 3.63) is 29.1 Å². The summed E-state index contributed by atoms with van der Waals surface area (Å²) in [5, 5.41) is 8.61. The van der Waals surface area contributed by atoms with Gasteiger partial charge < -0.3 is 4.74 Å². The highest BCUT2D eigenvalue weighted by atomic mass is 32.1. The smallest absolute Gasteiger partial charge is 0.342 e. The van der Waals surface area contributed by atoms with Gasteiger partial charge in [-0.2, -0.15) is 5.26 Å². The molecule has 0 heterocycles. The van der Waals surface area contributed by atoms with Crippen LogP contribution in [-0.2, 0) is 4.74 Å². The van der Waals surface area contributed by atoms with Crippen LogP contribution in [0.15, 0.2) is 17.0 Å². The maximum Gasteiger partial charge on any atom is 0.342 e. The number of benzene rings is 1. The molecule has 0 spiro atoms. The second-order valence-corrected chi connectivity index (χ2v) is 2.87. The van der Waals surface area contributed by atoms with Crippen LogP contribution in [0.25, 0.3) is 0 Å². The number of halogens is 1. The topological polar surface area (TPSA) is 50.1 Å². The monoisotopic (exact) mass is 211 g/mol. The van der Waals surface area contributed by atoms with Gasteiger partial charge in [0.1, 0.15) is 17.4 Å².